The van der Waals surface area contributed by atoms with Gasteiger partial charge in [0, 0.05) is 18.5 Å². The van der Waals surface area contributed by atoms with Crippen LogP contribution >= 0.6 is 0 Å². The SMILES string of the molecule is CCC(=O)N1N=C(c2ccc(NS(=O)(=O)CC)cc2)C[C@@H]1c1ccc(OC)cc1. The van der Waals surface area contributed by atoms with E-state index in [1.807, 2.05) is 43.3 Å². The zero-order valence-electron chi connectivity index (χ0n) is 16.8. The van der Waals surface area contributed by atoms with Crippen LogP contribution in [0.15, 0.2) is 53.6 Å². The van der Waals surface area contributed by atoms with Crippen molar-refractivity contribution in [2.45, 2.75) is 32.7 Å². The number of rotatable bonds is 7. The number of carbonyl (C=O) groups excluding carboxylic acids is 1. The Hall–Kier alpha value is -2.87. The molecule has 3 rings (SSSR count). The number of hydrogen-bond acceptors (Lipinski definition) is 5. The van der Waals surface area contributed by atoms with Gasteiger partial charge in [0.15, 0.2) is 0 Å². The summed E-state index contributed by atoms with van der Waals surface area (Å²) in [7, 11) is -1.71. The summed E-state index contributed by atoms with van der Waals surface area (Å²) in [6.07, 6.45) is 0.944. The first-order valence-electron chi connectivity index (χ1n) is 9.51. The minimum atomic E-state index is -3.32. The smallest absolute Gasteiger partial charge is 0.242 e. The van der Waals surface area contributed by atoms with Gasteiger partial charge >= 0.3 is 0 Å². The first-order valence-corrected chi connectivity index (χ1v) is 11.2. The molecule has 0 aliphatic carbocycles. The van der Waals surface area contributed by atoms with Gasteiger partial charge in [-0.15, -0.1) is 0 Å². The molecule has 0 aromatic heterocycles. The number of ether oxygens (including phenoxy) is 1. The van der Waals surface area contributed by atoms with E-state index < -0.39 is 10.0 Å². The normalized spacial score (nSPS) is 16.4. The second-order valence-electron chi connectivity index (χ2n) is 6.71. The summed E-state index contributed by atoms with van der Waals surface area (Å²) in [6, 6.07) is 14.5. The number of anilines is 1. The minimum Gasteiger partial charge on any atom is -0.497 e. The van der Waals surface area contributed by atoms with Gasteiger partial charge in [-0.3, -0.25) is 9.52 Å². The molecular formula is C21H25N3O4S. The van der Waals surface area contributed by atoms with Crippen molar-refractivity contribution in [2.24, 2.45) is 5.10 Å². The lowest BCUT2D eigenvalue weighted by Gasteiger charge is -2.21. The molecule has 0 spiro atoms. The standard InChI is InChI=1S/C21H25N3O4S/c1-4-21(25)24-20(16-8-12-18(28-3)13-9-16)14-19(22-24)15-6-10-17(11-7-15)23-29(26,27)5-2/h6-13,20,23H,4-5,14H2,1-3H3/t20-/m1/s1. The maximum atomic E-state index is 12.5. The van der Waals surface area contributed by atoms with Gasteiger partial charge in [0.05, 0.1) is 24.6 Å². The number of amides is 1. The fraction of sp³-hybridized carbons (Fsp3) is 0.333. The predicted octanol–water partition coefficient (Wildman–Crippen LogP) is 3.54. The van der Waals surface area contributed by atoms with E-state index >= 15 is 0 Å². The van der Waals surface area contributed by atoms with Crippen LogP contribution in [0.5, 0.6) is 5.75 Å². The molecule has 1 N–H and O–H groups in total. The molecule has 1 aliphatic rings. The third-order valence-electron chi connectivity index (χ3n) is 4.84. The van der Waals surface area contributed by atoms with Crippen LogP contribution in [0.3, 0.4) is 0 Å². The number of hydrazone groups is 1. The summed E-state index contributed by atoms with van der Waals surface area (Å²) < 4.78 is 31.2. The van der Waals surface area contributed by atoms with Gasteiger partial charge < -0.3 is 4.74 Å². The molecule has 0 fully saturated rings. The van der Waals surface area contributed by atoms with Crippen LogP contribution < -0.4 is 9.46 Å². The van der Waals surface area contributed by atoms with Crippen molar-refractivity contribution in [2.75, 3.05) is 17.6 Å². The Morgan fingerprint density at radius 3 is 2.34 bits per heavy atom. The topological polar surface area (TPSA) is 88.1 Å². The summed E-state index contributed by atoms with van der Waals surface area (Å²) >= 11 is 0. The lowest BCUT2D eigenvalue weighted by atomic mass is 9.98. The second-order valence-corrected chi connectivity index (χ2v) is 8.73. The third kappa shape index (κ3) is 4.76. The van der Waals surface area contributed by atoms with Crippen LogP contribution in [0.2, 0.25) is 0 Å². The summed E-state index contributed by atoms with van der Waals surface area (Å²) in [5.74, 6) is 0.721. The lowest BCUT2D eigenvalue weighted by Crippen LogP contribution is -2.26. The molecule has 8 heteroatoms. The van der Waals surface area contributed by atoms with Crippen LogP contribution in [0.4, 0.5) is 5.69 Å². The number of nitrogens with one attached hydrogen (secondary N) is 1. The van der Waals surface area contributed by atoms with E-state index in [9.17, 15) is 13.2 Å². The molecule has 1 aliphatic heterocycles. The molecule has 0 saturated carbocycles. The largest absolute Gasteiger partial charge is 0.497 e. The highest BCUT2D eigenvalue weighted by Crippen LogP contribution is 2.34. The van der Waals surface area contributed by atoms with Crippen molar-refractivity contribution in [1.29, 1.82) is 0 Å². The minimum absolute atomic E-state index is 0.0130. The zero-order valence-corrected chi connectivity index (χ0v) is 17.6. The predicted molar refractivity (Wildman–Crippen MR) is 114 cm³/mol. The van der Waals surface area contributed by atoms with E-state index in [-0.39, 0.29) is 17.7 Å². The van der Waals surface area contributed by atoms with E-state index in [4.69, 9.17) is 4.74 Å². The van der Waals surface area contributed by atoms with Crippen LogP contribution in [0.1, 0.15) is 43.9 Å². The van der Waals surface area contributed by atoms with E-state index in [2.05, 4.69) is 9.82 Å². The van der Waals surface area contributed by atoms with Gasteiger partial charge in [-0.2, -0.15) is 5.10 Å². The summed E-state index contributed by atoms with van der Waals surface area (Å²) in [5.41, 5.74) is 3.13. The summed E-state index contributed by atoms with van der Waals surface area (Å²) in [5, 5.41) is 6.13. The molecule has 2 aromatic rings. The molecule has 1 atom stereocenters. The number of nitrogens with zero attached hydrogens (tertiary/aromatic N) is 2. The van der Waals surface area contributed by atoms with Crippen LogP contribution in [0, 0.1) is 0 Å². The Kier molecular flexibility index (Phi) is 6.22. The fourth-order valence-electron chi connectivity index (χ4n) is 3.14. The molecular weight excluding hydrogens is 390 g/mol. The van der Waals surface area contributed by atoms with Gasteiger partial charge in [0.2, 0.25) is 15.9 Å². The highest BCUT2D eigenvalue weighted by atomic mass is 32.2. The molecule has 7 nitrogen and oxygen atoms in total. The van der Waals surface area contributed by atoms with Gasteiger partial charge in [-0.1, -0.05) is 31.2 Å². The lowest BCUT2D eigenvalue weighted by molar-refractivity contribution is -0.132. The number of benzene rings is 2. The number of hydrogen-bond donors (Lipinski definition) is 1. The first kappa shape index (κ1) is 20.9. The number of sulfonamides is 1. The van der Waals surface area contributed by atoms with Gasteiger partial charge in [0.1, 0.15) is 5.75 Å². The summed E-state index contributed by atoms with van der Waals surface area (Å²) in [4.78, 5) is 12.5. The van der Waals surface area contributed by atoms with Gasteiger partial charge in [-0.25, -0.2) is 13.4 Å². The Labute approximate surface area is 171 Å². The van der Waals surface area contributed by atoms with E-state index in [0.29, 0.717) is 18.5 Å². The quantitative estimate of drug-likeness (QED) is 0.749. The van der Waals surface area contributed by atoms with E-state index in [1.165, 1.54) is 0 Å². The monoisotopic (exact) mass is 415 g/mol. The molecule has 0 saturated heterocycles. The molecule has 2 aromatic carbocycles. The van der Waals surface area contributed by atoms with Crippen molar-refractivity contribution in [1.82, 2.24) is 5.01 Å². The van der Waals surface area contributed by atoms with Gasteiger partial charge in [0.25, 0.3) is 0 Å². The van der Waals surface area contributed by atoms with Gasteiger partial charge in [-0.05, 0) is 42.3 Å². The van der Waals surface area contributed by atoms with E-state index in [0.717, 1.165) is 22.6 Å². The molecule has 29 heavy (non-hydrogen) atoms. The fourth-order valence-corrected chi connectivity index (χ4v) is 3.78. The molecule has 1 amide bonds. The maximum absolute atomic E-state index is 12.5. The number of carbonyl (C=O) groups is 1. The van der Waals surface area contributed by atoms with Crippen molar-refractivity contribution in [3.63, 3.8) is 0 Å². The molecule has 0 unspecified atom stereocenters. The summed E-state index contributed by atoms with van der Waals surface area (Å²) in [6.45, 7) is 3.40. The Morgan fingerprint density at radius 1 is 1.14 bits per heavy atom. The average Bonchev–Trinajstić information content (AvgIpc) is 3.19. The Morgan fingerprint density at radius 2 is 1.79 bits per heavy atom. The molecule has 1 heterocycles. The second kappa shape index (κ2) is 8.65. The van der Waals surface area contributed by atoms with E-state index in [1.54, 1.807) is 31.2 Å². The highest BCUT2D eigenvalue weighted by molar-refractivity contribution is 7.92. The maximum Gasteiger partial charge on any atom is 0.242 e. The molecule has 0 bridgehead atoms. The zero-order chi connectivity index (χ0) is 21.0. The third-order valence-corrected chi connectivity index (χ3v) is 6.15. The Bertz CT molecular complexity index is 999. The Balaban J connectivity index is 1.84. The number of methoxy groups -OCH3 is 1. The van der Waals surface area contributed by atoms with Crippen molar-refractivity contribution >= 4 is 27.3 Å². The van der Waals surface area contributed by atoms with Crippen LogP contribution in [-0.4, -0.2) is 37.9 Å². The molecule has 154 valence electrons. The van der Waals surface area contributed by atoms with Crippen molar-refractivity contribution in [3.8, 4) is 5.75 Å². The van der Waals surface area contributed by atoms with Crippen molar-refractivity contribution in [3.05, 3.63) is 59.7 Å². The first-order chi connectivity index (χ1) is 13.9. The highest BCUT2D eigenvalue weighted by Gasteiger charge is 2.32. The van der Waals surface area contributed by atoms with Crippen LogP contribution in [-0.2, 0) is 14.8 Å². The van der Waals surface area contributed by atoms with Crippen LogP contribution in [0.25, 0.3) is 0 Å². The van der Waals surface area contributed by atoms with Crippen molar-refractivity contribution < 1.29 is 17.9 Å². The average molecular weight is 416 g/mol. The molecule has 0 radical (unpaired) electrons.